The number of primary amides is 1. The number of carbonyl (C=O) groups is 2. The normalized spacial score (nSPS) is 22.8. The summed E-state index contributed by atoms with van der Waals surface area (Å²) in [4.78, 5) is 24.3. The van der Waals surface area contributed by atoms with Crippen LogP contribution in [0.3, 0.4) is 0 Å². The van der Waals surface area contributed by atoms with Crippen LogP contribution in [0.15, 0.2) is 0 Å². The summed E-state index contributed by atoms with van der Waals surface area (Å²) in [5.41, 5.74) is 10.8. The van der Waals surface area contributed by atoms with Crippen molar-refractivity contribution in [2.24, 2.45) is 11.5 Å². The van der Waals surface area contributed by atoms with Crippen LogP contribution in [0.1, 0.15) is 12.8 Å². The average molecular weight is 215 g/mol. The lowest BCUT2D eigenvalue weighted by atomic mass is 10.2. The predicted molar refractivity (Wildman–Crippen MR) is 53.8 cm³/mol. The molecular formula is C9H17N3O3. The molecule has 0 aromatic carbocycles. The molecule has 1 heterocycles. The molecule has 4 N–H and O–H groups in total. The first-order chi connectivity index (χ1) is 7.07. The van der Waals surface area contributed by atoms with Gasteiger partial charge in [0.2, 0.25) is 11.8 Å². The van der Waals surface area contributed by atoms with Crippen molar-refractivity contribution < 1.29 is 14.3 Å². The standard InChI is InChI=1S/C9H17N3O3/c1-15-5-6(10)9(14)12-4-2-3-7(12)8(11)13/h6-7H,2-5,10H2,1H3,(H2,11,13). The number of likely N-dealkylation sites (tertiary alicyclic amines) is 1. The van der Waals surface area contributed by atoms with Crippen LogP contribution in [-0.2, 0) is 14.3 Å². The van der Waals surface area contributed by atoms with Gasteiger partial charge in [-0.2, -0.15) is 0 Å². The Morgan fingerprint density at radius 2 is 2.27 bits per heavy atom. The molecule has 1 saturated heterocycles. The summed E-state index contributed by atoms with van der Waals surface area (Å²) < 4.78 is 4.79. The number of nitrogens with two attached hydrogens (primary N) is 2. The van der Waals surface area contributed by atoms with Crippen molar-refractivity contribution in [3.63, 3.8) is 0 Å². The third-order valence-electron chi connectivity index (χ3n) is 2.53. The highest BCUT2D eigenvalue weighted by Crippen LogP contribution is 2.17. The molecule has 6 heteroatoms. The Balaban J connectivity index is 2.62. The van der Waals surface area contributed by atoms with Gasteiger partial charge in [-0.3, -0.25) is 9.59 Å². The fourth-order valence-electron chi connectivity index (χ4n) is 1.79. The molecule has 2 amide bonds. The number of hydrogen-bond donors (Lipinski definition) is 2. The van der Waals surface area contributed by atoms with Crippen molar-refractivity contribution in [3.05, 3.63) is 0 Å². The molecule has 6 nitrogen and oxygen atoms in total. The van der Waals surface area contributed by atoms with Gasteiger partial charge in [-0.15, -0.1) is 0 Å². The first-order valence-electron chi connectivity index (χ1n) is 4.92. The highest BCUT2D eigenvalue weighted by atomic mass is 16.5. The number of carbonyl (C=O) groups excluding carboxylic acids is 2. The van der Waals surface area contributed by atoms with Crippen LogP contribution in [0.25, 0.3) is 0 Å². The maximum Gasteiger partial charge on any atom is 0.242 e. The van der Waals surface area contributed by atoms with Crippen LogP contribution in [0.2, 0.25) is 0 Å². The average Bonchev–Trinajstić information content (AvgIpc) is 2.65. The van der Waals surface area contributed by atoms with Crippen molar-refractivity contribution in [2.75, 3.05) is 20.3 Å². The minimum atomic E-state index is -0.713. The van der Waals surface area contributed by atoms with E-state index in [1.165, 1.54) is 12.0 Å². The molecule has 2 unspecified atom stereocenters. The van der Waals surface area contributed by atoms with E-state index in [4.69, 9.17) is 16.2 Å². The molecule has 15 heavy (non-hydrogen) atoms. The highest BCUT2D eigenvalue weighted by molar-refractivity contribution is 5.89. The number of amides is 2. The van der Waals surface area contributed by atoms with E-state index in [1.54, 1.807) is 0 Å². The van der Waals surface area contributed by atoms with Crippen LogP contribution in [0, 0.1) is 0 Å². The Morgan fingerprint density at radius 3 is 2.80 bits per heavy atom. The van der Waals surface area contributed by atoms with Crippen molar-refractivity contribution in [3.8, 4) is 0 Å². The Kier molecular flexibility index (Phi) is 4.05. The fraction of sp³-hybridized carbons (Fsp3) is 0.778. The number of nitrogens with zero attached hydrogens (tertiary/aromatic N) is 1. The predicted octanol–water partition coefficient (Wildman–Crippen LogP) is -1.56. The van der Waals surface area contributed by atoms with Gasteiger partial charge in [0, 0.05) is 13.7 Å². The summed E-state index contributed by atoms with van der Waals surface area (Å²) in [7, 11) is 1.47. The summed E-state index contributed by atoms with van der Waals surface area (Å²) in [6.07, 6.45) is 1.42. The minimum Gasteiger partial charge on any atom is -0.383 e. The zero-order chi connectivity index (χ0) is 11.4. The van der Waals surface area contributed by atoms with E-state index in [0.717, 1.165) is 6.42 Å². The van der Waals surface area contributed by atoms with Gasteiger partial charge in [-0.1, -0.05) is 0 Å². The third-order valence-corrected chi connectivity index (χ3v) is 2.53. The molecule has 86 valence electrons. The number of rotatable bonds is 4. The zero-order valence-corrected chi connectivity index (χ0v) is 8.81. The molecule has 1 fully saturated rings. The first kappa shape index (κ1) is 11.9. The van der Waals surface area contributed by atoms with Crippen LogP contribution < -0.4 is 11.5 Å². The van der Waals surface area contributed by atoms with Crippen molar-refractivity contribution in [1.82, 2.24) is 4.90 Å². The van der Waals surface area contributed by atoms with E-state index in [-0.39, 0.29) is 12.5 Å². The van der Waals surface area contributed by atoms with Crippen LogP contribution >= 0.6 is 0 Å². The van der Waals surface area contributed by atoms with Gasteiger partial charge < -0.3 is 21.1 Å². The molecule has 1 rings (SSSR count). The molecule has 1 aliphatic heterocycles. The topological polar surface area (TPSA) is 98.7 Å². The van der Waals surface area contributed by atoms with Gasteiger partial charge in [-0.05, 0) is 12.8 Å². The lowest BCUT2D eigenvalue weighted by Gasteiger charge is -2.24. The van der Waals surface area contributed by atoms with Gasteiger partial charge in [0.15, 0.2) is 0 Å². The third kappa shape index (κ3) is 2.66. The molecule has 1 aliphatic rings. The number of hydrogen-bond acceptors (Lipinski definition) is 4. The van der Waals surface area contributed by atoms with E-state index < -0.39 is 18.0 Å². The molecule has 0 saturated carbocycles. The lowest BCUT2D eigenvalue weighted by molar-refractivity contribution is -0.139. The second kappa shape index (κ2) is 5.09. The molecule has 0 aromatic rings. The van der Waals surface area contributed by atoms with Crippen LogP contribution in [-0.4, -0.2) is 49.1 Å². The van der Waals surface area contributed by atoms with Gasteiger partial charge >= 0.3 is 0 Å². The zero-order valence-electron chi connectivity index (χ0n) is 8.81. The van der Waals surface area contributed by atoms with Crippen molar-refractivity contribution >= 4 is 11.8 Å². The smallest absolute Gasteiger partial charge is 0.242 e. The summed E-state index contributed by atoms with van der Waals surface area (Å²) in [6, 6.07) is -1.21. The minimum absolute atomic E-state index is 0.154. The van der Waals surface area contributed by atoms with E-state index in [9.17, 15) is 9.59 Å². The Hall–Kier alpha value is -1.14. The van der Waals surface area contributed by atoms with Gasteiger partial charge in [-0.25, -0.2) is 0 Å². The molecule has 0 aliphatic carbocycles. The Bertz CT molecular complexity index is 257. The summed E-state index contributed by atoms with van der Waals surface area (Å²) in [6.45, 7) is 0.699. The summed E-state index contributed by atoms with van der Waals surface area (Å²) >= 11 is 0. The second-order valence-electron chi connectivity index (χ2n) is 3.65. The van der Waals surface area contributed by atoms with Crippen LogP contribution in [0.4, 0.5) is 0 Å². The van der Waals surface area contributed by atoms with Crippen LogP contribution in [0.5, 0.6) is 0 Å². The Morgan fingerprint density at radius 1 is 1.60 bits per heavy atom. The van der Waals surface area contributed by atoms with E-state index >= 15 is 0 Å². The maximum absolute atomic E-state index is 11.8. The number of ether oxygens (including phenoxy) is 1. The van der Waals surface area contributed by atoms with E-state index in [0.29, 0.717) is 13.0 Å². The molecular weight excluding hydrogens is 198 g/mol. The molecule has 0 radical (unpaired) electrons. The van der Waals surface area contributed by atoms with Gasteiger partial charge in [0.25, 0.3) is 0 Å². The fourth-order valence-corrected chi connectivity index (χ4v) is 1.79. The highest BCUT2D eigenvalue weighted by Gasteiger charge is 2.34. The lowest BCUT2D eigenvalue weighted by Crippen LogP contribution is -2.51. The monoisotopic (exact) mass is 215 g/mol. The second-order valence-corrected chi connectivity index (χ2v) is 3.65. The Labute approximate surface area is 88.5 Å². The molecule has 0 aromatic heterocycles. The molecule has 0 bridgehead atoms. The molecule has 0 spiro atoms. The first-order valence-corrected chi connectivity index (χ1v) is 4.92. The van der Waals surface area contributed by atoms with E-state index in [2.05, 4.69) is 0 Å². The van der Waals surface area contributed by atoms with Gasteiger partial charge in [0.1, 0.15) is 12.1 Å². The van der Waals surface area contributed by atoms with E-state index in [1.807, 2.05) is 0 Å². The van der Waals surface area contributed by atoms with Gasteiger partial charge in [0.05, 0.1) is 6.61 Å². The van der Waals surface area contributed by atoms with Crippen molar-refractivity contribution in [2.45, 2.75) is 24.9 Å². The largest absolute Gasteiger partial charge is 0.383 e. The summed E-state index contributed by atoms with van der Waals surface area (Å²) in [5.74, 6) is -0.733. The van der Waals surface area contributed by atoms with Crippen molar-refractivity contribution in [1.29, 1.82) is 0 Å². The summed E-state index contributed by atoms with van der Waals surface area (Å²) in [5, 5.41) is 0. The molecule has 2 atom stereocenters. The number of methoxy groups -OCH3 is 1. The quantitative estimate of drug-likeness (QED) is 0.592. The maximum atomic E-state index is 11.8. The SMILES string of the molecule is COCC(N)C(=O)N1CCCC1C(N)=O.